The molecule has 0 radical (unpaired) electrons. The summed E-state index contributed by atoms with van der Waals surface area (Å²) in [5, 5.41) is 2.62. The van der Waals surface area contributed by atoms with Gasteiger partial charge in [0.05, 0.1) is 10.6 Å². The lowest BCUT2D eigenvalue weighted by atomic mass is 10.1. The summed E-state index contributed by atoms with van der Waals surface area (Å²) in [7, 11) is -2.52. The molecule has 1 heterocycles. The van der Waals surface area contributed by atoms with E-state index in [9.17, 15) is 21.6 Å². The van der Waals surface area contributed by atoms with Crippen LogP contribution in [0.15, 0.2) is 23.1 Å². The Bertz CT molecular complexity index is 641. The largest absolute Gasteiger partial charge is 0.417 e. The zero-order valence-corrected chi connectivity index (χ0v) is 13.4. The number of nitrogens with one attached hydrogen (secondary N) is 1. The van der Waals surface area contributed by atoms with Gasteiger partial charge in [-0.1, -0.05) is 17.7 Å². The van der Waals surface area contributed by atoms with E-state index in [1.54, 1.807) is 7.05 Å². The molecule has 1 N–H and O–H groups in total. The molecule has 0 spiro atoms. The fraction of sp³-hybridized carbons (Fsp3) is 0.538. The number of rotatable bonds is 3. The fourth-order valence-electron chi connectivity index (χ4n) is 2.51. The second-order valence-electron chi connectivity index (χ2n) is 5.08. The highest BCUT2D eigenvalue weighted by molar-refractivity contribution is 7.89. The Labute approximate surface area is 132 Å². The molecule has 1 saturated heterocycles. The third kappa shape index (κ3) is 3.40. The van der Waals surface area contributed by atoms with E-state index in [2.05, 4.69) is 5.32 Å². The van der Waals surface area contributed by atoms with Crippen molar-refractivity contribution in [2.45, 2.75) is 30.0 Å². The lowest BCUT2D eigenvalue weighted by Gasteiger charge is -2.31. The van der Waals surface area contributed by atoms with Gasteiger partial charge in [-0.3, -0.25) is 0 Å². The Morgan fingerprint density at radius 1 is 1.27 bits per heavy atom. The van der Waals surface area contributed by atoms with Crippen LogP contribution in [0, 0.1) is 0 Å². The summed E-state index contributed by atoms with van der Waals surface area (Å²) in [5.41, 5.74) is -1.23. The minimum Gasteiger partial charge on any atom is -0.317 e. The first kappa shape index (κ1) is 17.5. The summed E-state index contributed by atoms with van der Waals surface area (Å²) in [4.78, 5) is -0.855. The van der Waals surface area contributed by atoms with Gasteiger partial charge in [0.1, 0.15) is 4.90 Å². The zero-order valence-electron chi connectivity index (χ0n) is 11.8. The molecule has 0 bridgehead atoms. The fourth-order valence-corrected chi connectivity index (χ4v) is 4.70. The Morgan fingerprint density at radius 3 is 2.36 bits per heavy atom. The molecular weight excluding hydrogens is 341 g/mol. The molecule has 1 aliphatic heterocycles. The van der Waals surface area contributed by atoms with Crippen LogP contribution in [-0.2, 0) is 16.2 Å². The standard InChI is InChI=1S/C13H16ClF3N2O2S/c1-18-9-5-7-19(8-6-9)22(20,21)12-10(13(15,16)17)3-2-4-11(12)14/h2-4,9,18H,5-8H2,1H3. The van der Waals surface area contributed by atoms with Gasteiger partial charge in [0.25, 0.3) is 0 Å². The van der Waals surface area contributed by atoms with Gasteiger partial charge in [-0.15, -0.1) is 0 Å². The van der Waals surface area contributed by atoms with Gasteiger partial charge < -0.3 is 5.32 Å². The van der Waals surface area contributed by atoms with Crippen LogP contribution >= 0.6 is 11.6 Å². The molecule has 0 saturated carbocycles. The Kier molecular flexibility index (Phi) is 5.06. The van der Waals surface area contributed by atoms with E-state index in [0.717, 1.165) is 22.5 Å². The zero-order chi connectivity index (χ0) is 16.5. The van der Waals surface area contributed by atoms with Crippen molar-refractivity contribution in [2.75, 3.05) is 20.1 Å². The molecule has 2 rings (SSSR count). The summed E-state index contributed by atoms with van der Waals surface area (Å²) in [6.45, 7) is 0.326. The molecule has 124 valence electrons. The third-order valence-corrected chi connectivity index (χ3v) is 6.16. The van der Waals surface area contributed by atoms with Gasteiger partial charge in [0.15, 0.2) is 0 Å². The maximum absolute atomic E-state index is 13.1. The van der Waals surface area contributed by atoms with Crippen molar-refractivity contribution < 1.29 is 21.6 Å². The van der Waals surface area contributed by atoms with E-state index < -0.39 is 31.7 Å². The first-order valence-electron chi connectivity index (χ1n) is 6.71. The topological polar surface area (TPSA) is 49.4 Å². The van der Waals surface area contributed by atoms with Crippen molar-refractivity contribution in [3.05, 3.63) is 28.8 Å². The first-order valence-corrected chi connectivity index (χ1v) is 8.53. The molecule has 0 unspecified atom stereocenters. The minimum atomic E-state index is -4.78. The van der Waals surface area contributed by atoms with E-state index in [-0.39, 0.29) is 19.1 Å². The Hall–Kier alpha value is -0.830. The van der Waals surface area contributed by atoms with Gasteiger partial charge >= 0.3 is 6.18 Å². The molecule has 1 fully saturated rings. The number of benzene rings is 1. The maximum Gasteiger partial charge on any atom is 0.417 e. The molecule has 1 aliphatic rings. The van der Waals surface area contributed by atoms with Crippen LogP contribution in [0.2, 0.25) is 5.02 Å². The summed E-state index contributed by atoms with van der Waals surface area (Å²) < 4.78 is 65.5. The number of sulfonamides is 1. The lowest BCUT2D eigenvalue weighted by molar-refractivity contribution is -0.139. The third-order valence-electron chi connectivity index (χ3n) is 3.73. The van der Waals surface area contributed by atoms with Gasteiger partial charge in [0.2, 0.25) is 10.0 Å². The predicted molar refractivity (Wildman–Crippen MR) is 77.3 cm³/mol. The van der Waals surface area contributed by atoms with Gasteiger partial charge in [0, 0.05) is 19.1 Å². The van der Waals surface area contributed by atoms with Crippen LogP contribution in [0.3, 0.4) is 0 Å². The van der Waals surface area contributed by atoms with E-state index in [4.69, 9.17) is 11.6 Å². The van der Waals surface area contributed by atoms with Crippen molar-refractivity contribution >= 4 is 21.6 Å². The molecule has 0 amide bonds. The van der Waals surface area contributed by atoms with E-state index in [1.165, 1.54) is 0 Å². The van der Waals surface area contributed by atoms with Crippen molar-refractivity contribution in [3.8, 4) is 0 Å². The van der Waals surface area contributed by atoms with E-state index >= 15 is 0 Å². The van der Waals surface area contributed by atoms with Crippen molar-refractivity contribution in [2.24, 2.45) is 0 Å². The van der Waals surface area contributed by atoms with E-state index in [1.807, 2.05) is 0 Å². The SMILES string of the molecule is CNC1CCN(S(=O)(=O)c2c(Cl)cccc2C(F)(F)F)CC1. The quantitative estimate of drug-likeness (QED) is 0.906. The van der Waals surface area contributed by atoms with Crippen molar-refractivity contribution in [1.82, 2.24) is 9.62 Å². The molecule has 22 heavy (non-hydrogen) atoms. The second-order valence-corrected chi connectivity index (χ2v) is 7.36. The van der Waals surface area contributed by atoms with Crippen LogP contribution in [0.25, 0.3) is 0 Å². The second kappa shape index (κ2) is 6.35. The highest BCUT2D eigenvalue weighted by Gasteiger charge is 2.41. The van der Waals surface area contributed by atoms with Crippen LogP contribution in [0.5, 0.6) is 0 Å². The molecule has 1 aromatic carbocycles. The average Bonchev–Trinajstić information content (AvgIpc) is 2.46. The van der Waals surface area contributed by atoms with Gasteiger partial charge in [-0.25, -0.2) is 8.42 Å². The van der Waals surface area contributed by atoms with Gasteiger partial charge in [-0.2, -0.15) is 17.5 Å². The van der Waals surface area contributed by atoms with Crippen LogP contribution in [-0.4, -0.2) is 38.9 Å². The number of hydrogen-bond acceptors (Lipinski definition) is 3. The average molecular weight is 357 g/mol. The monoisotopic (exact) mass is 356 g/mol. The number of piperidine rings is 1. The molecule has 9 heteroatoms. The molecule has 0 aliphatic carbocycles. The predicted octanol–water partition coefficient (Wildman–Crippen LogP) is 2.73. The van der Waals surface area contributed by atoms with Gasteiger partial charge in [-0.05, 0) is 32.0 Å². The van der Waals surface area contributed by atoms with Crippen LogP contribution in [0.4, 0.5) is 13.2 Å². The maximum atomic E-state index is 13.1. The van der Waals surface area contributed by atoms with Crippen LogP contribution in [0.1, 0.15) is 18.4 Å². The van der Waals surface area contributed by atoms with Crippen molar-refractivity contribution in [1.29, 1.82) is 0 Å². The first-order chi connectivity index (χ1) is 10.2. The number of halogens is 4. The molecule has 1 aromatic rings. The minimum absolute atomic E-state index is 0.163. The van der Waals surface area contributed by atoms with Crippen LogP contribution < -0.4 is 5.32 Å². The smallest absolute Gasteiger partial charge is 0.317 e. The number of alkyl halides is 3. The highest BCUT2D eigenvalue weighted by atomic mass is 35.5. The normalized spacial score (nSPS) is 18.6. The summed E-state index contributed by atoms with van der Waals surface area (Å²) in [6, 6.07) is 3.15. The van der Waals surface area contributed by atoms with Crippen molar-refractivity contribution in [3.63, 3.8) is 0 Å². The molecular formula is C13H16ClF3N2O2S. The lowest BCUT2D eigenvalue weighted by Crippen LogP contribution is -2.44. The molecule has 0 atom stereocenters. The molecule has 0 aromatic heterocycles. The summed E-state index contributed by atoms with van der Waals surface area (Å²) in [5.74, 6) is 0. The highest BCUT2D eigenvalue weighted by Crippen LogP contribution is 2.39. The summed E-state index contributed by atoms with van der Waals surface area (Å²) >= 11 is 5.78. The number of nitrogens with zero attached hydrogens (tertiary/aromatic N) is 1. The Morgan fingerprint density at radius 2 is 1.86 bits per heavy atom. The number of hydrogen-bond donors (Lipinski definition) is 1. The summed E-state index contributed by atoms with van der Waals surface area (Å²) in [6.07, 6.45) is -3.69. The molecule has 4 nitrogen and oxygen atoms in total. The van der Waals surface area contributed by atoms with E-state index in [0.29, 0.717) is 12.8 Å². The Balaban J connectivity index is 2.43.